The van der Waals surface area contributed by atoms with E-state index in [-0.39, 0.29) is 0 Å². The Balaban J connectivity index is 0.928. The van der Waals surface area contributed by atoms with Crippen molar-refractivity contribution in [3.8, 4) is 33.4 Å². The van der Waals surface area contributed by atoms with Crippen molar-refractivity contribution in [2.24, 2.45) is 0 Å². The monoisotopic (exact) mass is 779 g/mol. The van der Waals surface area contributed by atoms with E-state index in [1.54, 1.807) is 0 Å². The first-order chi connectivity index (χ1) is 29.7. The largest absolute Gasteiger partial charge is 0.311 e. The molecule has 0 atom stereocenters. The molecular weight excluding hydrogens is 743 g/mol. The zero-order valence-electron chi connectivity index (χ0n) is 32.7. The molecule has 0 spiro atoms. The molecule has 12 rings (SSSR count). The summed E-state index contributed by atoms with van der Waals surface area (Å²) in [6.07, 6.45) is 0. The lowest BCUT2D eigenvalue weighted by atomic mass is 9.96. The van der Waals surface area contributed by atoms with Gasteiger partial charge in [0.1, 0.15) is 0 Å². The standard InChI is InChI=1S/C58H37NS/c1-3-9-51-41(7-1)13-15-43-17-19-45(35-54(43)51)38-21-28-48(29-22-38)59(50-32-25-40(26-33-50)47-27-34-58-56(37-47)53-11-5-6-12-57(53)60-58)49-30-23-39(24-31-49)46-20-18-44-16-14-42-8-2-4-10-52(42)55(44)36-46/h1-37H. The molecule has 280 valence electrons. The molecule has 0 N–H and O–H groups in total. The molecule has 0 saturated carbocycles. The average Bonchev–Trinajstić information content (AvgIpc) is 3.70. The van der Waals surface area contributed by atoms with E-state index in [0.29, 0.717) is 0 Å². The summed E-state index contributed by atoms with van der Waals surface area (Å²) in [6, 6.07) is 82.6. The Kier molecular flexibility index (Phi) is 8.11. The molecule has 1 nitrogen and oxygen atoms in total. The van der Waals surface area contributed by atoms with E-state index in [9.17, 15) is 0 Å². The van der Waals surface area contributed by atoms with Gasteiger partial charge in [0.25, 0.3) is 0 Å². The molecule has 0 saturated heterocycles. The molecule has 12 aromatic rings. The molecule has 0 bridgehead atoms. The van der Waals surface area contributed by atoms with Crippen LogP contribution in [0.4, 0.5) is 17.1 Å². The molecule has 0 radical (unpaired) electrons. The van der Waals surface area contributed by atoms with Crippen LogP contribution in [0.15, 0.2) is 224 Å². The first kappa shape index (κ1) is 34.5. The van der Waals surface area contributed by atoms with Gasteiger partial charge in [0.2, 0.25) is 0 Å². The van der Waals surface area contributed by atoms with Crippen LogP contribution >= 0.6 is 11.3 Å². The smallest absolute Gasteiger partial charge is 0.0462 e. The lowest BCUT2D eigenvalue weighted by Crippen LogP contribution is -2.09. The number of hydrogen-bond acceptors (Lipinski definition) is 2. The van der Waals surface area contributed by atoms with Crippen molar-refractivity contribution >= 4 is 91.7 Å². The Morgan fingerprint density at radius 2 is 0.567 bits per heavy atom. The Bertz CT molecular complexity index is 3420. The van der Waals surface area contributed by atoms with Gasteiger partial charge in [-0.2, -0.15) is 0 Å². The van der Waals surface area contributed by atoms with Crippen molar-refractivity contribution < 1.29 is 0 Å². The first-order valence-corrected chi connectivity index (χ1v) is 21.4. The maximum atomic E-state index is 2.37. The predicted octanol–water partition coefficient (Wildman–Crippen LogP) is 17.1. The molecule has 0 unspecified atom stereocenters. The quantitative estimate of drug-likeness (QED) is 0.152. The number of fused-ring (bicyclic) bond motifs is 9. The second-order valence-electron chi connectivity index (χ2n) is 15.7. The second kappa shape index (κ2) is 14.1. The van der Waals surface area contributed by atoms with Crippen LogP contribution in [0, 0.1) is 0 Å². The van der Waals surface area contributed by atoms with E-state index >= 15 is 0 Å². The number of thiophene rings is 1. The summed E-state index contributed by atoms with van der Waals surface area (Å²) in [5, 5.41) is 12.8. The molecule has 2 heteroatoms. The van der Waals surface area contributed by atoms with Crippen LogP contribution in [-0.4, -0.2) is 0 Å². The van der Waals surface area contributed by atoms with Crippen molar-refractivity contribution in [2.45, 2.75) is 0 Å². The number of hydrogen-bond donors (Lipinski definition) is 0. The summed E-state index contributed by atoms with van der Waals surface area (Å²) >= 11 is 1.86. The van der Waals surface area contributed by atoms with Crippen LogP contribution in [0.3, 0.4) is 0 Å². The molecule has 0 fully saturated rings. The third-order valence-electron chi connectivity index (χ3n) is 12.2. The van der Waals surface area contributed by atoms with E-state index < -0.39 is 0 Å². The van der Waals surface area contributed by atoms with Crippen LogP contribution in [-0.2, 0) is 0 Å². The number of anilines is 3. The van der Waals surface area contributed by atoms with Crippen molar-refractivity contribution in [1.29, 1.82) is 0 Å². The highest BCUT2D eigenvalue weighted by Crippen LogP contribution is 2.41. The third-order valence-corrected chi connectivity index (χ3v) is 13.4. The Labute approximate surface area is 352 Å². The lowest BCUT2D eigenvalue weighted by molar-refractivity contribution is 1.28. The molecule has 1 heterocycles. The fraction of sp³-hybridized carbons (Fsp3) is 0. The molecular formula is C58H37NS. The summed E-state index contributed by atoms with van der Waals surface area (Å²) < 4.78 is 2.65. The van der Waals surface area contributed by atoms with E-state index in [2.05, 4.69) is 229 Å². The van der Waals surface area contributed by atoms with Gasteiger partial charge >= 0.3 is 0 Å². The van der Waals surface area contributed by atoms with Crippen molar-refractivity contribution in [3.63, 3.8) is 0 Å². The summed E-state index contributed by atoms with van der Waals surface area (Å²) in [5.41, 5.74) is 10.6. The van der Waals surface area contributed by atoms with E-state index in [1.165, 1.54) is 96.6 Å². The number of rotatable bonds is 6. The van der Waals surface area contributed by atoms with Gasteiger partial charge in [0.05, 0.1) is 0 Å². The van der Waals surface area contributed by atoms with Gasteiger partial charge < -0.3 is 4.90 Å². The maximum Gasteiger partial charge on any atom is 0.0462 e. The average molecular weight is 780 g/mol. The highest BCUT2D eigenvalue weighted by Gasteiger charge is 2.15. The van der Waals surface area contributed by atoms with Crippen LogP contribution in [0.5, 0.6) is 0 Å². The Morgan fingerprint density at radius 1 is 0.233 bits per heavy atom. The van der Waals surface area contributed by atoms with Crippen LogP contribution in [0.1, 0.15) is 0 Å². The zero-order valence-corrected chi connectivity index (χ0v) is 33.5. The topological polar surface area (TPSA) is 3.24 Å². The van der Waals surface area contributed by atoms with Crippen LogP contribution < -0.4 is 4.90 Å². The minimum Gasteiger partial charge on any atom is -0.311 e. The summed E-state index contributed by atoms with van der Waals surface area (Å²) in [7, 11) is 0. The van der Waals surface area contributed by atoms with Gasteiger partial charge in [-0.05, 0) is 143 Å². The molecule has 0 aliphatic carbocycles. The fourth-order valence-electron chi connectivity index (χ4n) is 9.12. The Hall–Kier alpha value is -7.52. The summed E-state index contributed by atoms with van der Waals surface area (Å²) in [5.74, 6) is 0. The minimum atomic E-state index is 1.11. The van der Waals surface area contributed by atoms with Crippen molar-refractivity contribution in [2.75, 3.05) is 4.90 Å². The second-order valence-corrected chi connectivity index (χ2v) is 16.8. The van der Waals surface area contributed by atoms with Crippen molar-refractivity contribution in [1.82, 2.24) is 0 Å². The SMILES string of the molecule is c1ccc2c(c1)ccc1ccc(-c3ccc(N(c4ccc(-c5ccc6ccc7ccccc7c6c5)cc4)c4ccc(-c5ccc6sc7ccccc7c6c5)cc4)cc3)cc12. The van der Waals surface area contributed by atoms with E-state index in [0.717, 1.165) is 17.1 Å². The highest BCUT2D eigenvalue weighted by molar-refractivity contribution is 7.25. The zero-order chi connectivity index (χ0) is 39.6. The number of benzene rings is 11. The number of nitrogens with zero attached hydrogens (tertiary/aromatic N) is 1. The first-order valence-electron chi connectivity index (χ1n) is 20.6. The molecule has 11 aromatic carbocycles. The van der Waals surface area contributed by atoms with Crippen molar-refractivity contribution in [3.05, 3.63) is 224 Å². The van der Waals surface area contributed by atoms with Crippen LogP contribution in [0.2, 0.25) is 0 Å². The van der Waals surface area contributed by atoms with E-state index in [1.807, 2.05) is 11.3 Å². The Morgan fingerprint density at radius 3 is 1.05 bits per heavy atom. The van der Waals surface area contributed by atoms with Gasteiger partial charge in [-0.1, -0.05) is 158 Å². The lowest BCUT2D eigenvalue weighted by Gasteiger charge is -2.26. The maximum absolute atomic E-state index is 2.37. The van der Waals surface area contributed by atoms with E-state index in [4.69, 9.17) is 0 Å². The molecule has 0 amide bonds. The molecule has 0 aliphatic rings. The third kappa shape index (κ3) is 5.92. The van der Waals surface area contributed by atoms with Gasteiger partial charge in [-0.3, -0.25) is 0 Å². The van der Waals surface area contributed by atoms with Gasteiger partial charge in [-0.15, -0.1) is 11.3 Å². The normalized spacial score (nSPS) is 11.7. The fourth-order valence-corrected chi connectivity index (χ4v) is 10.2. The molecule has 0 aliphatic heterocycles. The molecule has 1 aromatic heterocycles. The highest BCUT2D eigenvalue weighted by atomic mass is 32.1. The summed E-state index contributed by atoms with van der Waals surface area (Å²) in [6.45, 7) is 0. The van der Waals surface area contributed by atoms with Gasteiger partial charge in [0.15, 0.2) is 0 Å². The molecule has 60 heavy (non-hydrogen) atoms. The predicted molar refractivity (Wildman–Crippen MR) is 260 cm³/mol. The minimum absolute atomic E-state index is 1.11. The summed E-state index contributed by atoms with van der Waals surface area (Å²) in [4.78, 5) is 2.37. The van der Waals surface area contributed by atoms with Gasteiger partial charge in [0, 0.05) is 37.2 Å². The van der Waals surface area contributed by atoms with Gasteiger partial charge in [-0.25, -0.2) is 0 Å². The van der Waals surface area contributed by atoms with Crippen LogP contribution in [0.25, 0.3) is 96.6 Å².